The fraction of sp³-hybridized carbons (Fsp3) is 0.455. The van der Waals surface area contributed by atoms with E-state index in [1.807, 2.05) is 25.1 Å². The normalized spacial score (nSPS) is 14.2. The summed E-state index contributed by atoms with van der Waals surface area (Å²) in [6.45, 7) is 7.94. The van der Waals surface area contributed by atoms with Gasteiger partial charge in [-0.05, 0) is 82.2 Å². The van der Waals surface area contributed by atoms with Crippen molar-refractivity contribution < 1.29 is 14.6 Å². The Morgan fingerprint density at radius 1 is 1.21 bits per heavy atom. The number of aromatic nitrogens is 1. The molecule has 0 spiro atoms. The zero-order chi connectivity index (χ0) is 20.5. The van der Waals surface area contributed by atoms with Crippen LogP contribution in [0.5, 0.6) is 0 Å². The molecule has 0 N–H and O–H groups in total. The molecule has 3 rings (SSSR count). The first-order chi connectivity index (χ1) is 13.2. The Bertz CT molecular complexity index is 921. The minimum absolute atomic E-state index is 0.150. The maximum absolute atomic E-state index is 12.5. The molecule has 0 radical (unpaired) electrons. The van der Waals surface area contributed by atoms with Gasteiger partial charge in [-0.2, -0.15) is 4.89 Å². The van der Waals surface area contributed by atoms with Crippen molar-refractivity contribution in [3.8, 4) is 0 Å². The van der Waals surface area contributed by atoms with Gasteiger partial charge >= 0.3 is 5.97 Å². The maximum atomic E-state index is 12.5. The molecule has 2 aromatic rings. The summed E-state index contributed by atoms with van der Waals surface area (Å²) in [4.78, 5) is 34.4. The molecule has 0 unspecified atom stereocenters. The van der Waals surface area contributed by atoms with Crippen molar-refractivity contribution in [2.45, 2.75) is 65.0 Å². The number of hydrogen-bond acceptors (Lipinski definition) is 4. The maximum Gasteiger partial charge on any atom is 0.373 e. The summed E-state index contributed by atoms with van der Waals surface area (Å²) in [7, 11) is 0. The average molecular weight is 404 g/mol. The summed E-state index contributed by atoms with van der Waals surface area (Å²) >= 11 is 6.17. The average Bonchev–Trinajstić information content (AvgIpc) is 3.47. The topological polar surface area (TPSA) is 57.5 Å². The Labute approximate surface area is 170 Å². The zero-order valence-electron chi connectivity index (χ0n) is 16.8. The van der Waals surface area contributed by atoms with E-state index in [-0.39, 0.29) is 10.6 Å². The van der Waals surface area contributed by atoms with E-state index >= 15 is 0 Å². The van der Waals surface area contributed by atoms with Crippen molar-refractivity contribution in [3.05, 3.63) is 68.1 Å². The first-order valence-corrected chi connectivity index (χ1v) is 9.92. The number of nitrogens with zero attached hydrogens (tertiary/aromatic N) is 1. The van der Waals surface area contributed by atoms with Crippen LogP contribution in [0.1, 0.15) is 66.7 Å². The Kier molecular flexibility index (Phi) is 5.96. The van der Waals surface area contributed by atoms with E-state index in [4.69, 9.17) is 21.4 Å². The van der Waals surface area contributed by atoms with Crippen molar-refractivity contribution in [1.29, 1.82) is 0 Å². The molecule has 1 aromatic carbocycles. The van der Waals surface area contributed by atoms with Crippen LogP contribution in [0, 0.1) is 6.92 Å². The Hall–Kier alpha value is -2.11. The van der Waals surface area contributed by atoms with Crippen LogP contribution < -0.4 is 5.56 Å². The van der Waals surface area contributed by atoms with Gasteiger partial charge in [0, 0.05) is 12.2 Å². The third-order valence-corrected chi connectivity index (χ3v) is 5.02. The third-order valence-electron chi connectivity index (χ3n) is 4.75. The molecule has 1 aliphatic rings. The van der Waals surface area contributed by atoms with Crippen LogP contribution in [0.3, 0.4) is 0 Å². The van der Waals surface area contributed by atoms with Gasteiger partial charge in [0.15, 0.2) is 0 Å². The molecule has 0 aliphatic heterocycles. The van der Waals surface area contributed by atoms with Gasteiger partial charge in [0.1, 0.15) is 10.6 Å². The molecular formula is C22H26ClNO4. The quantitative estimate of drug-likeness (QED) is 0.512. The lowest BCUT2D eigenvalue weighted by Crippen LogP contribution is -2.25. The molecule has 0 atom stereocenters. The molecule has 1 heterocycles. The minimum Gasteiger partial charge on any atom is -0.311 e. The fourth-order valence-electron chi connectivity index (χ4n) is 3.08. The molecule has 0 bridgehead atoms. The van der Waals surface area contributed by atoms with Crippen molar-refractivity contribution in [2.75, 3.05) is 0 Å². The Morgan fingerprint density at radius 3 is 2.43 bits per heavy atom. The van der Waals surface area contributed by atoms with Gasteiger partial charge in [-0.25, -0.2) is 4.79 Å². The SMILES string of the molecule is Cc1c(C2CC2)cc(Cl)c(=O)n1CCc1ccc(C(=O)OOC(C)(C)C)cc1. The van der Waals surface area contributed by atoms with Gasteiger partial charge in [0.2, 0.25) is 0 Å². The van der Waals surface area contributed by atoms with E-state index in [1.54, 1.807) is 37.5 Å². The number of carbonyl (C=O) groups is 1. The molecule has 5 nitrogen and oxygen atoms in total. The van der Waals surface area contributed by atoms with Gasteiger partial charge in [-0.15, -0.1) is 0 Å². The Morgan fingerprint density at radius 2 is 1.86 bits per heavy atom. The van der Waals surface area contributed by atoms with E-state index in [1.165, 1.54) is 5.56 Å². The monoisotopic (exact) mass is 403 g/mol. The molecule has 1 aromatic heterocycles. The van der Waals surface area contributed by atoms with E-state index in [0.717, 1.165) is 24.1 Å². The summed E-state index contributed by atoms with van der Waals surface area (Å²) in [5, 5.41) is 0.282. The summed E-state index contributed by atoms with van der Waals surface area (Å²) < 4.78 is 1.76. The Balaban J connectivity index is 1.67. The van der Waals surface area contributed by atoms with Gasteiger partial charge in [0.05, 0.1) is 5.56 Å². The predicted molar refractivity (Wildman–Crippen MR) is 109 cm³/mol. The molecule has 28 heavy (non-hydrogen) atoms. The molecular weight excluding hydrogens is 378 g/mol. The van der Waals surface area contributed by atoms with Gasteiger partial charge < -0.3 is 4.57 Å². The largest absolute Gasteiger partial charge is 0.373 e. The number of pyridine rings is 1. The zero-order valence-corrected chi connectivity index (χ0v) is 17.5. The van der Waals surface area contributed by atoms with Crippen molar-refractivity contribution in [1.82, 2.24) is 4.57 Å². The molecule has 1 saturated carbocycles. The first kappa shape index (κ1) is 20.6. The highest BCUT2D eigenvalue weighted by Gasteiger charge is 2.27. The second-order valence-corrected chi connectivity index (χ2v) is 8.68. The molecule has 150 valence electrons. The summed E-state index contributed by atoms with van der Waals surface area (Å²) in [6.07, 6.45) is 2.98. The summed E-state index contributed by atoms with van der Waals surface area (Å²) in [6, 6.07) is 8.95. The van der Waals surface area contributed by atoms with E-state index < -0.39 is 11.6 Å². The lowest BCUT2D eigenvalue weighted by atomic mass is 10.1. The van der Waals surface area contributed by atoms with Crippen LogP contribution in [0.25, 0.3) is 0 Å². The fourth-order valence-corrected chi connectivity index (χ4v) is 3.30. The third kappa shape index (κ3) is 5.03. The van der Waals surface area contributed by atoms with Crippen LogP contribution in [-0.2, 0) is 22.7 Å². The number of hydrogen-bond donors (Lipinski definition) is 0. The smallest absolute Gasteiger partial charge is 0.311 e. The summed E-state index contributed by atoms with van der Waals surface area (Å²) in [5.41, 5.74) is 2.91. The lowest BCUT2D eigenvalue weighted by molar-refractivity contribution is -0.301. The van der Waals surface area contributed by atoms with E-state index in [0.29, 0.717) is 24.4 Å². The lowest BCUT2D eigenvalue weighted by Gasteiger charge is -2.16. The van der Waals surface area contributed by atoms with Gasteiger partial charge in [0.25, 0.3) is 5.56 Å². The number of rotatable bonds is 6. The molecule has 0 amide bonds. The van der Waals surface area contributed by atoms with Crippen LogP contribution in [0.4, 0.5) is 0 Å². The van der Waals surface area contributed by atoms with Crippen molar-refractivity contribution in [2.24, 2.45) is 0 Å². The standard InChI is InChI=1S/C22H26ClNO4/c1-14-18(16-9-10-16)13-19(23)20(25)24(14)12-11-15-5-7-17(8-6-15)21(26)27-28-22(2,3)4/h5-8,13,16H,9-12H2,1-4H3. The second-order valence-electron chi connectivity index (χ2n) is 8.28. The van der Waals surface area contributed by atoms with Crippen LogP contribution in [0.2, 0.25) is 5.02 Å². The highest BCUT2D eigenvalue weighted by atomic mass is 35.5. The highest BCUT2D eigenvalue weighted by molar-refractivity contribution is 6.30. The van der Waals surface area contributed by atoms with Crippen molar-refractivity contribution >= 4 is 17.6 Å². The van der Waals surface area contributed by atoms with E-state index in [9.17, 15) is 9.59 Å². The number of carbonyl (C=O) groups excluding carboxylic acids is 1. The molecule has 6 heteroatoms. The first-order valence-electron chi connectivity index (χ1n) is 9.54. The van der Waals surface area contributed by atoms with Gasteiger partial charge in [-0.1, -0.05) is 23.7 Å². The van der Waals surface area contributed by atoms with Crippen LogP contribution in [-0.4, -0.2) is 16.1 Å². The molecule has 1 fully saturated rings. The minimum atomic E-state index is -0.559. The van der Waals surface area contributed by atoms with Gasteiger partial charge in [-0.3, -0.25) is 9.68 Å². The predicted octanol–water partition coefficient (Wildman–Crippen LogP) is 4.82. The second kappa shape index (κ2) is 8.10. The van der Waals surface area contributed by atoms with E-state index in [2.05, 4.69) is 0 Å². The number of aryl methyl sites for hydroxylation is 1. The highest BCUT2D eigenvalue weighted by Crippen LogP contribution is 2.41. The van der Waals surface area contributed by atoms with Crippen molar-refractivity contribution in [3.63, 3.8) is 0 Å². The number of halogens is 1. The molecule has 1 aliphatic carbocycles. The molecule has 0 saturated heterocycles. The van der Waals surface area contributed by atoms with Crippen LogP contribution in [0.15, 0.2) is 35.1 Å². The van der Waals surface area contributed by atoms with Crippen LogP contribution >= 0.6 is 11.6 Å². The number of benzene rings is 1. The summed E-state index contributed by atoms with van der Waals surface area (Å²) in [5.74, 6) is 0.00224.